The number of nitrogens with one attached hydrogen (secondary N) is 2. The third-order valence-corrected chi connectivity index (χ3v) is 2.94. The van der Waals surface area contributed by atoms with Crippen molar-refractivity contribution in [1.29, 1.82) is 0 Å². The van der Waals surface area contributed by atoms with Crippen LogP contribution in [-0.2, 0) is 4.79 Å². The summed E-state index contributed by atoms with van der Waals surface area (Å²) < 4.78 is 11.2. The molecule has 0 aromatic heterocycles. The summed E-state index contributed by atoms with van der Waals surface area (Å²) in [6.07, 6.45) is 2.52. The molecular formula is C15H20N2O3. The summed E-state index contributed by atoms with van der Waals surface area (Å²) in [5.74, 6) is 1.39. The predicted molar refractivity (Wildman–Crippen MR) is 78.3 cm³/mol. The van der Waals surface area contributed by atoms with Crippen LogP contribution in [0.3, 0.4) is 0 Å². The van der Waals surface area contributed by atoms with Crippen molar-refractivity contribution in [3.63, 3.8) is 0 Å². The van der Waals surface area contributed by atoms with Gasteiger partial charge in [-0.25, -0.2) is 0 Å². The van der Waals surface area contributed by atoms with Gasteiger partial charge in [-0.05, 0) is 19.1 Å². The Balaban J connectivity index is 2.00. The summed E-state index contributed by atoms with van der Waals surface area (Å²) in [6, 6.07) is 5.26. The Kier molecular flexibility index (Phi) is 4.87. The molecular weight excluding hydrogens is 256 g/mol. The van der Waals surface area contributed by atoms with Crippen molar-refractivity contribution in [2.24, 2.45) is 0 Å². The Labute approximate surface area is 119 Å². The number of rotatable bonds is 5. The molecule has 0 fully saturated rings. The molecule has 0 radical (unpaired) electrons. The van der Waals surface area contributed by atoms with E-state index in [-0.39, 0.29) is 11.9 Å². The lowest BCUT2D eigenvalue weighted by molar-refractivity contribution is -0.121. The summed E-state index contributed by atoms with van der Waals surface area (Å²) in [5, 5.41) is 5.89. The molecule has 1 aliphatic heterocycles. The molecule has 1 unspecified atom stereocenters. The van der Waals surface area contributed by atoms with Gasteiger partial charge in [0.1, 0.15) is 6.04 Å². The molecule has 2 rings (SSSR count). The summed E-state index contributed by atoms with van der Waals surface area (Å²) in [6.45, 7) is 7.15. The van der Waals surface area contributed by atoms with Crippen LogP contribution in [0, 0.1) is 0 Å². The number of amides is 1. The standard InChI is InChI=1S/C15H20N2O3/c1-3-7-16-15(18)11(2)17-12-5-6-13-14(10-12)20-9-4-8-19-13/h3,5-6,10-11,17H,1,4,7-9H2,2H3,(H,16,18). The Morgan fingerprint density at radius 1 is 1.40 bits per heavy atom. The Morgan fingerprint density at radius 3 is 2.90 bits per heavy atom. The van der Waals surface area contributed by atoms with Crippen LogP contribution in [0.15, 0.2) is 30.9 Å². The van der Waals surface area contributed by atoms with E-state index in [4.69, 9.17) is 9.47 Å². The molecule has 1 aliphatic rings. The van der Waals surface area contributed by atoms with E-state index >= 15 is 0 Å². The first-order chi connectivity index (χ1) is 9.70. The highest BCUT2D eigenvalue weighted by molar-refractivity contribution is 5.84. The van der Waals surface area contributed by atoms with Crippen LogP contribution in [0.25, 0.3) is 0 Å². The van der Waals surface area contributed by atoms with Crippen LogP contribution in [-0.4, -0.2) is 31.7 Å². The van der Waals surface area contributed by atoms with E-state index in [1.807, 2.05) is 18.2 Å². The second-order valence-corrected chi connectivity index (χ2v) is 4.61. The van der Waals surface area contributed by atoms with Crippen LogP contribution in [0.5, 0.6) is 11.5 Å². The minimum atomic E-state index is -0.334. The van der Waals surface area contributed by atoms with Gasteiger partial charge < -0.3 is 20.1 Å². The normalized spacial score (nSPS) is 14.8. The third kappa shape index (κ3) is 3.66. The SMILES string of the molecule is C=CCNC(=O)C(C)Nc1ccc2c(c1)OCCCO2. The number of benzene rings is 1. The summed E-state index contributed by atoms with van der Waals surface area (Å²) in [4.78, 5) is 11.8. The lowest BCUT2D eigenvalue weighted by Crippen LogP contribution is -2.37. The average Bonchev–Trinajstić information content (AvgIpc) is 2.69. The number of carbonyl (C=O) groups is 1. The van der Waals surface area contributed by atoms with E-state index in [0.717, 1.165) is 17.9 Å². The van der Waals surface area contributed by atoms with Gasteiger partial charge in [-0.2, -0.15) is 0 Å². The molecule has 1 amide bonds. The van der Waals surface area contributed by atoms with Crippen molar-refractivity contribution in [3.8, 4) is 11.5 Å². The first-order valence-electron chi connectivity index (χ1n) is 6.75. The molecule has 20 heavy (non-hydrogen) atoms. The van der Waals surface area contributed by atoms with Crippen molar-refractivity contribution >= 4 is 11.6 Å². The van der Waals surface area contributed by atoms with Gasteiger partial charge in [0.25, 0.3) is 0 Å². The summed E-state index contributed by atoms with van der Waals surface area (Å²) >= 11 is 0. The van der Waals surface area contributed by atoms with Crippen molar-refractivity contribution in [2.75, 3.05) is 25.1 Å². The topological polar surface area (TPSA) is 59.6 Å². The zero-order chi connectivity index (χ0) is 14.4. The maximum Gasteiger partial charge on any atom is 0.242 e. The van der Waals surface area contributed by atoms with Gasteiger partial charge in [0.05, 0.1) is 13.2 Å². The Morgan fingerprint density at radius 2 is 2.15 bits per heavy atom. The minimum absolute atomic E-state index is 0.0722. The van der Waals surface area contributed by atoms with Gasteiger partial charge in [0, 0.05) is 24.7 Å². The molecule has 1 aromatic carbocycles. The highest BCUT2D eigenvalue weighted by atomic mass is 16.5. The predicted octanol–water partition coefficient (Wildman–Crippen LogP) is 1.95. The second kappa shape index (κ2) is 6.84. The van der Waals surface area contributed by atoms with Crippen LogP contribution >= 0.6 is 0 Å². The number of hydrogen-bond acceptors (Lipinski definition) is 4. The molecule has 2 N–H and O–H groups in total. The van der Waals surface area contributed by atoms with E-state index in [2.05, 4.69) is 17.2 Å². The fourth-order valence-corrected chi connectivity index (χ4v) is 1.89. The van der Waals surface area contributed by atoms with Gasteiger partial charge >= 0.3 is 0 Å². The van der Waals surface area contributed by atoms with Crippen molar-refractivity contribution < 1.29 is 14.3 Å². The fourth-order valence-electron chi connectivity index (χ4n) is 1.89. The molecule has 108 valence electrons. The molecule has 1 heterocycles. The number of anilines is 1. The smallest absolute Gasteiger partial charge is 0.242 e. The van der Waals surface area contributed by atoms with Gasteiger partial charge in [-0.1, -0.05) is 6.08 Å². The maximum absolute atomic E-state index is 11.8. The van der Waals surface area contributed by atoms with E-state index in [1.165, 1.54) is 0 Å². The number of fused-ring (bicyclic) bond motifs is 1. The third-order valence-electron chi connectivity index (χ3n) is 2.94. The van der Waals surface area contributed by atoms with Crippen LogP contribution in [0.1, 0.15) is 13.3 Å². The second-order valence-electron chi connectivity index (χ2n) is 4.61. The summed E-state index contributed by atoms with van der Waals surface area (Å²) in [5.41, 5.74) is 0.829. The van der Waals surface area contributed by atoms with Gasteiger partial charge in [-0.15, -0.1) is 6.58 Å². The molecule has 5 nitrogen and oxygen atoms in total. The van der Waals surface area contributed by atoms with Crippen molar-refractivity contribution in [1.82, 2.24) is 5.32 Å². The number of hydrogen-bond donors (Lipinski definition) is 2. The van der Waals surface area contributed by atoms with Crippen molar-refractivity contribution in [3.05, 3.63) is 30.9 Å². The fraction of sp³-hybridized carbons (Fsp3) is 0.400. The monoisotopic (exact) mass is 276 g/mol. The molecule has 0 bridgehead atoms. The molecule has 5 heteroatoms. The molecule has 0 saturated carbocycles. The van der Waals surface area contributed by atoms with E-state index in [9.17, 15) is 4.79 Å². The van der Waals surface area contributed by atoms with Crippen LogP contribution in [0.4, 0.5) is 5.69 Å². The highest BCUT2D eigenvalue weighted by Gasteiger charge is 2.14. The number of carbonyl (C=O) groups excluding carboxylic acids is 1. The van der Waals surface area contributed by atoms with Gasteiger partial charge in [-0.3, -0.25) is 4.79 Å². The zero-order valence-electron chi connectivity index (χ0n) is 11.6. The molecule has 1 aromatic rings. The maximum atomic E-state index is 11.8. The van der Waals surface area contributed by atoms with E-state index in [1.54, 1.807) is 13.0 Å². The number of ether oxygens (including phenoxy) is 2. The lowest BCUT2D eigenvalue weighted by atomic mass is 10.2. The molecule has 0 saturated heterocycles. The minimum Gasteiger partial charge on any atom is -0.490 e. The average molecular weight is 276 g/mol. The highest BCUT2D eigenvalue weighted by Crippen LogP contribution is 2.32. The Bertz CT molecular complexity index is 488. The van der Waals surface area contributed by atoms with Crippen molar-refractivity contribution in [2.45, 2.75) is 19.4 Å². The molecule has 0 spiro atoms. The van der Waals surface area contributed by atoms with E-state index in [0.29, 0.717) is 25.5 Å². The molecule has 1 atom stereocenters. The van der Waals surface area contributed by atoms with Crippen LogP contribution < -0.4 is 20.1 Å². The molecule has 0 aliphatic carbocycles. The quantitative estimate of drug-likeness (QED) is 0.807. The first-order valence-corrected chi connectivity index (χ1v) is 6.75. The summed E-state index contributed by atoms with van der Waals surface area (Å²) in [7, 11) is 0. The van der Waals surface area contributed by atoms with E-state index < -0.39 is 0 Å². The zero-order valence-corrected chi connectivity index (χ0v) is 11.6. The van der Waals surface area contributed by atoms with Gasteiger partial charge in [0.2, 0.25) is 5.91 Å². The Hall–Kier alpha value is -2.17. The van der Waals surface area contributed by atoms with Gasteiger partial charge in [0.15, 0.2) is 11.5 Å². The largest absolute Gasteiger partial charge is 0.490 e. The lowest BCUT2D eigenvalue weighted by Gasteiger charge is -2.16. The first kappa shape index (κ1) is 14.2. The van der Waals surface area contributed by atoms with Crippen LogP contribution in [0.2, 0.25) is 0 Å².